The van der Waals surface area contributed by atoms with Gasteiger partial charge in [-0.15, -0.1) is 78.9 Å². The van der Waals surface area contributed by atoms with Crippen molar-refractivity contribution >= 4 is 0 Å². The molecule has 0 rings (SSSR count). The molecule has 0 aromatic rings. The highest BCUT2D eigenvalue weighted by molar-refractivity contribution is 4.23. The van der Waals surface area contributed by atoms with Gasteiger partial charge in [0.2, 0.25) is 0 Å². The number of rotatable bonds is 2. The van der Waals surface area contributed by atoms with Gasteiger partial charge in [0.05, 0.1) is 26.4 Å². The zero-order chi connectivity index (χ0) is 18.8. The molecule has 0 spiro atoms. The third kappa shape index (κ3) is 48500. The minimum absolute atomic E-state index is 0.125. The van der Waals surface area contributed by atoms with E-state index in [1.807, 2.05) is 0 Å². The van der Waals surface area contributed by atoms with Crippen LogP contribution in [0.5, 0.6) is 0 Å². The second kappa shape index (κ2) is 881. The predicted molar refractivity (Wildman–Crippen MR) is 95.9 cm³/mol. The summed E-state index contributed by atoms with van der Waals surface area (Å²) in [5.41, 5.74) is 0. The van der Waals surface area contributed by atoms with Crippen molar-refractivity contribution in [1.29, 1.82) is 0 Å². The van der Waals surface area contributed by atoms with Crippen LogP contribution in [0.3, 0.4) is 0 Å². The minimum Gasteiger partial charge on any atom is -0.394 e. The van der Waals surface area contributed by atoms with Crippen LogP contribution in [-0.4, -0.2) is 46.9 Å². The van der Waals surface area contributed by atoms with E-state index in [4.69, 9.17) is 20.4 Å². The number of aliphatic hydroxyl groups excluding tert-OH is 4. The van der Waals surface area contributed by atoms with Gasteiger partial charge in [0.25, 0.3) is 0 Å². The molecule has 0 saturated carbocycles. The Kier molecular flexibility index (Phi) is 2280. The fourth-order valence-corrected chi connectivity index (χ4v) is 0. The molecular formula is C16H36O4. The first-order chi connectivity index (χ1) is 9.83. The van der Waals surface area contributed by atoms with Crippen molar-refractivity contribution in [3.05, 3.63) is 78.9 Å². The van der Waals surface area contributed by atoms with Gasteiger partial charge in [0, 0.05) is 0 Å². The number of hydrogen-bond donors (Lipinski definition) is 4. The van der Waals surface area contributed by atoms with E-state index in [9.17, 15) is 0 Å². The van der Waals surface area contributed by atoms with Crippen LogP contribution in [0, 0.1) is 0 Å². The molecule has 0 aliphatic carbocycles. The molecule has 0 amide bonds. The highest BCUT2D eigenvalue weighted by atomic mass is 16.3. The maximum atomic E-state index is 7.62. The Morgan fingerprint density at radius 2 is 0.350 bits per heavy atom. The largest absolute Gasteiger partial charge is 0.394 e. The maximum Gasteiger partial charge on any atom is 0.0662 e. The van der Waals surface area contributed by atoms with Crippen molar-refractivity contribution < 1.29 is 20.4 Å². The van der Waals surface area contributed by atoms with Crippen molar-refractivity contribution in [1.82, 2.24) is 0 Å². The normalized spacial score (nSPS) is 4.20. The van der Waals surface area contributed by atoms with Crippen LogP contribution in [0.25, 0.3) is 0 Å². The summed E-state index contributed by atoms with van der Waals surface area (Å²) in [7, 11) is 0. The molecule has 0 aromatic heterocycles. The molecule has 124 valence electrons. The van der Waals surface area contributed by atoms with Gasteiger partial charge in [-0.3, -0.25) is 0 Å². The van der Waals surface area contributed by atoms with E-state index in [0.29, 0.717) is 0 Å². The topological polar surface area (TPSA) is 80.9 Å². The molecule has 0 bridgehead atoms. The fourth-order valence-electron chi connectivity index (χ4n) is 0. The smallest absolute Gasteiger partial charge is 0.0662 e. The van der Waals surface area contributed by atoms with Gasteiger partial charge in [-0.25, -0.2) is 0 Å². The summed E-state index contributed by atoms with van der Waals surface area (Å²) >= 11 is 0. The van der Waals surface area contributed by atoms with E-state index in [1.54, 1.807) is 0 Å². The van der Waals surface area contributed by atoms with Crippen molar-refractivity contribution in [3.63, 3.8) is 0 Å². The number of hydrogen-bond acceptors (Lipinski definition) is 4. The Hall–Kier alpha value is -1.72. The van der Waals surface area contributed by atoms with Crippen LogP contribution in [0.2, 0.25) is 0 Å². The Bertz CT molecular complexity index is 57.4. The quantitative estimate of drug-likeness (QED) is 0.590. The van der Waals surface area contributed by atoms with Crippen LogP contribution >= 0.6 is 0 Å². The molecule has 0 aliphatic heterocycles. The average Bonchev–Trinajstić information content (AvgIpc) is 2.65. The van der Waals surface area contributed by atoms with E-state index in [1.165, 1.54) is 0 Å². The first-order valence-electron chi connectivity index (χ1n) is 5.26. The summed E-state index contributed by atoms with van der Waals surface area (Å²) in [4.78, 5) is 0. The average molecular weight is 292 g/mol. The maximum absolute atomic E-state index is 7.62. The molecule has 0 heterocycles. The van der Waals surface area contributed by atoms with E-state index >= 15 is 0 Å². The van der Waals surface area contributed by atoms with Crippen LogP contribution in [-0.2, 0) is 0 Å². The zero-order valence-corrected chi connectivity index (χ0v) is 13.1. The highest BCUT2D eigenvalue weighted by Crippen LogP contribution is 1.40. The summed E-state index contributed by atoms with van der Waals surface area (Å²) in [6.07, 6.45) is 0. The second-order valence-electron chi connectivity index (χ2n) is 0.894. The van der Waals surface area contributed by atoms with E-state index in [2.05, 4.69) is 78.9 Å². The van der Waals surface area contributed by atoms with Crippen LogP contribution in [0.4, 0.5) is 0 Å². The SMILES string of the molecule is C=C.C=C.C=C.C=C.C=C.C=C.OCCO.OCCO. The lowest BCUT2D eigenvalue weighted by Gasteiger charge is -1.70. The molecule has 0 fully saturated rings. The molecule has 4 nitrogen and oxygen atoms in total. The van der Waals surface area contributed by atoms with Crippen molar-refractivity contribution in [2.75, 3.05) is 26.4 Å². The van der Waals surface area contributed by atoms with Crippen LogP contribution < -0.4 is 0 Å². The Morgan fingerprint density at radius 1 is 0.300 bits per heavy atom. The van der Waals surface area contributed by atoms with Gasteiger partial charge in [-0.05, 0) is 0 Å². The molecular weight excluding hydrogens is 256 g/mol. The Morgan fingerprint density at radius 3 is 0.350 bits per heavy atom. The summed E-state index contributed by atoms with van der Waals surface area (Å²) < 4.78 is 0. The third-order valence-electron chi connectivity index (χ3n) is 0.200. The molecule has 20 heavy (non-hydrogen) atoms. The second-order valence-corrected chi connectivity index (χ2v) is 0.894. The molecule has 0 saturated heterocycles. The molecule has 0 aliphatic rings. The lowest BCUT2D eigenvalue weighted by molar-refractivity contribution is 0.186. The van der Waals surface area contributed by atoms with E-state index < -0.39 is 0 Å². The van der Waals surface area contributed by atoms with Gasteiger partial charge in [0.1, 0.15) is 0 Å². The monoisotopic (exact) mass is 292 g/mol. The summed E-state index contributed by atoms with van der Waals surface area (Å²) in [6.45, 7) is 35.5. The third-order valence-corrected chi connectivity index (χ3v) is 0.200. The standard InChI is InChI=1S/2C2H6O2.6C2H4/c2*3-1-2-4;6*1-2/h2*3-4H,1-2H2;6*1-2H2. The number of aliphatic hydroxyl groups is 4. The lowest BCUT2D eigenvalue weighted by Crippen LogP contribution is -1.85. The first-order valence-corrected chi connectivity index (χ1v) is 5.26. The van der Waals surface area contributed by atoms with Crippen LogP contribution in [0.15, 0.2) is 78.9 Å². The van der Waals surface area contributed by atoms with E-state index in [0.717, 1.165) is 0 Å². The van der Waals surface area contributed by atoms with Gasteiger partial charge < -0.3 is 20.4 Å². The van der Waals surface area contributed by atoms with Crippen molar-refractivity contribution in [3.8, 4) is 0 Å². The summed E-state index contributed by atoms with van der Waals surface area (Å²) in [5.74, 6) is 0. The molecule has 0 radical (unpaired) electrons. The molecule has 0 aromatic carbocycles. The minimum atomic E-state index is -0.125. The first kappa shape index (κ1) is 51.7. The molecule has 4 heteroatoms. The molecule has 0 atom stereocenters. The van der Waals surface area contributed by atoms with Gasteiger partial charge >= 0.3 is 0 Å². The van der Waals surface area contributed by atoms with Crippen molar-refractivity contribution in [2.45, 2.75) is 0 Å². The van der Waals surface area contributed by atoms with Crippen molar-refractivity contribution in [2.24, 2.45) is 0 Å². The van der Waals surface area contributed by atoms with Gasteiger partial charge in [0.15, 0.2) is 0 Å². The lowest BCUT2D eigenvalue weighted by atomic mass is 10.8. The Balaban J connectivity index is -0.0000000142. The zero-order valence-electron chi connectivity index (χ0n) is 13.1. The molecule has 0 unspecified atom stereocenters. The highest BCUT2D eigenvalue weighted by Gasteiger charge is 1.58. The Labute approximate surface area is 126 Å². The van der Waals surface area contributed by atoms with Gasteiger partial charge in [-0.1, -0.05) is 0 Å². The van der Waals surface area contributed by atoms with Gasteiger partial charge in [-0.2, -0.15) is 0 Å². The van der Waals surface area contributed by atoms with Crippen LogP contribution in [0.1, 0.15) is 0 Å². The molecule has 4 N–H and O–H groups in total. The summed E-state index contributed by atoms with van der Waals surface area (Å²) in [6, 6.07) is 0. The summed E-state index contributed by atoms with van der Waals surface area (Å²) in [5, 5.41) is 30.5. The van der Waals surface area contributed by atoms with E-state index in [-0.39, 0.29) is 26.4 Å². The predicted octanol–water partition coefficient (Wildman–Crippen LogP) is 2.76. The fraction of sp³-hybridized carbons (Fsp3) is 0.250.